The number of piperidine rings is 1. The van der Waals surface area contributed by atoms with Gasteiger partial charge in [0.15, 0.2) is 0 Å². The Labute approximate surface area is 404 Å². The third-order valence-corrected chi connectivity index (χ3v) is 18.1. The van der Waals surface area contributed by atoms with Crippen LogP contribution in [0.4, 0.5) is 0 Å². The zero-order valence-corrected chi connectivity index (χ0v) is 44.4. The van der Waals surface area contributed by atoms with E-state index < -0.39 is 0 Å². The second-order valence-corrected chi connectivity index (χ2v) is 23.9. The molecule has 4 aliphatic carbocycles. The van der Waals surface area contributed by atoms with E-state index in [1.165, 1.54) is 180 Å². The number of nitrogens with zero attached hydrogens (tertiary/aromatic N) is 1. The maximum Gasteiger partial charge on any atom is 0.0934 e. The minimum absolute atomic E-state index is 0.150. The molecule has 0 aromatic rings. The number of ether oxygens (including phenoxy) is 4. The van der Waals surface area contributed by atoms with Gasteiger partial charge in [-0.15, -0.1) is 0 Å². The lowest BCUT2D eigenvalue weighted by atomic mass is 9.47. The fraction of sp³-hybridized carbons (Fsp3) is 0.933. The van der Waals surface area contributed by atoms with Gasteiger partial charge in [0.25, 0.3) is 0 Å². The van der Waals surface area contributed by atoms with Gasteiger partial charge in [-0.3, -0.25) is 0 Å². The molecule has 0 amide bonds. The number of fused-ring (bicyclic) bond motifs is 5. The summed E-state index contributed by atoms with van der Waals surface area (Å²) in [5.74, 6) is 6.19. The van der Waals surface area contributed by atoms with Crippen LogP contribution in [0.3, 0.4) is 0 Å². The molecule has 10 atom stereocenters. The van der Waals surface area contributed by atoms with E-state index in [1.54, 1.807) is 5.57 Å². The number of rotatable bonds is 35. The molecular formula is C60H109NO4. The number of likely N-dealkylation sites (tertiary alicyclic amines) is 1. The van der Waals surface area contributed by atoms with Crippen LogP contribution in [0.5, 0.6) is 0 Å². The molecule has 5 nitrogen and oxygen atoms in total. The third kappa shape index (κ3) is 18.5. The summed E-state index contributed by atoms with van der Waals surface area (Å²) in [6.07, 6.45) is 46.7. The lowest BCUT2D eigenvalue weighted by molar-refractivity contribution is -0.0651. The Morgan fingerprint density at radius 2 is 1.42 bits per heavy atom. The Morgan fingerprint density at radius 1 is 0.708 bits per heavy atom. The van der Waals surface area contributed by atoms with Gasteiger partial charge >= 0.3 is 0 Å². The van der Waals surface area contributed by atoms with Crippen molar-refractivity contribution in [2.75, 3.05) is 59.3 Å². The second kappa shape index (κ2) is 30.8. The summed E-state index contributed by atoms with van der Waals surface area (Å²) in [7, 11) is 0. The molecule has 1 heterocycles. The average molecular weight is 909 g/mol. The van der Waals surface area contributed by atoms with Crippen molar-refractivity contribution >= 4 is 0 Å². The Balaban J connectivity index is 0.890. The molecule has 1 saturated heterocycles. The second-order valence-electron chi connectivity index (χ2n) is 23.9. The van der Waals surface area contributed by atoms with Crippen LogP contribution in [-0.4, -0.2) is 76.4 Å². The molecule has 2 unspecified atom stereocenters. The van der Waals surface area contributed by atoms with Gasteiger partial charge in [0.05, 0.1) is 18.8 Å². The van der Waals surface area contributed by atoms with Gasteiger partial charge in [-0.05, 0) is 168 Å². The van der Waals surface area contributed by atoms with Gasteiger partial charge < -0.3 is 23.8 Å². The first-order chi connectivity index (χ1) is 31.6. The van der Waals surface area contributed by atoms with Gasteiger partial charge in [0, 0.05) is 46.1 Å². The highest BCUT2D eigenvalue weighted by atomic mass is 16.5. The molecule has 0 bridgehead atoms. The summed E-state index contributed by atoms with van der Waals surface area (Å²) in [5, 5.41) is 0. The summed E-state index contributed by atoms with van der Waals surface area (Å²) in [5.41, 5.74) is 2.72. The number of hydrogen-bond donors (Lipinski definition) is 0. The van der Waals surface area contributed by atoms with Crippen LogP contribution in [0.2, 0.25) is 0 Å². The van der Waals surface area contributed by atoms with E-state index in [1.807, 2.05) is 0 Å². The van der Waals surface area contributed by atoms with Crippen molar-refractivity contribution in [3.05, 3.63) is 23.8 Å². The van der Waals surface area contributed by atoms with E-state index in [0.717, 1.165) is 100 Å². The smallest absolute Gasteiger partial charge is 0.0934 e. The summed E-state index contributed by atoms with van der Waals surface area (Å²) in [6, 6.07) is 0. The molecule has 5 heteroatoms. The Morgan fingerprint density at radius 3 is 2.15 bits per heavy atom. The molecule has 0 N–H and O–H groups in total. The largest absolute Gasteiger partial charge is 0.381 e. The van der Waals surface area contributed by atoms with Crippen LogP contribution >= 0.6 is 0 Å². The van der Waals surface area contributed by atoms with Crippen LogP contribution in [-0.2, 0) is 18.9 Å². The van der Waals surface area contributed by atoms with Gasteiger partial charge in [-0.25, -0.2) is 0 Å². The molecule has 0 aromatic carbocycles. The van der Waals surface area contributed by atoms with E-state index >= 15 is 0 Å². The van der Waals surface area contributed by atoms with Crippen molar-refractivity contribution in [3.63, 3.8) is 0 Å². The van der Waals surface area contributed by atoms with E-state index in [-0.39, 0.29) is 6.10 Å². The van der Waals surface area contributed by atoms with E-state index in [9.17, 15) is 0 Å². The first kappa shape index (κ1) is 55.2. The number of hydrogen-bond acceptors (Lipinski definition) is 5. The maximum absolute atomic E-state index is 6.57. The fourth-order valence-electron chi connectivity index (χ4n) is 14.3. The van der Waals surface area contributed by atoms with Crippen molar-refractivity contribution < 1.29 is 18.9 Å². The normalized spacial score (nSPS) is 30.4. The quantitative estimate of drug-likeness (QED) is 0.0468. The lowest BCUT2D eigenvalue weighted by Crippen LogP contribution is -2.51. The molecule has 378 valence electrons. The molecule has 1 aliphatic heterocycles. The van der Waals surface area contributed by atoms with Crippen LogP contribution in [0.1, 0.15) is 235 Å². The van der Waals surface area contributed by atoms with Crippen molar-refractivity contribution in [3.8, 4) is 0 Å². The van der Waals surface area contributed by atoms with Crippen LogP contribution in [0.15, 0.2) is 23.8 Å². The summed E-state index contributed by atoms with van der Waals surface area (Å²) < 4.78 is 25.4. The molecular weight excluding hydrogens is 799 g/mol. The van der Waals surface area contributed by atoms with Crippen molar-refractivity contribution in [1.82, 2.24) is 4.90 Å². The number of unbranched alkanes of at least 4 members (excludes halogenated alkanes) is 12. The molecule has 4 fully saturated rings. The monoisotopic (exact) mass is 908 g/mol. The van der Waals surface area contributed by atoms with Crippen LogP contribution in [0, 0.1) is 52.3 Å². The van der Waals surface area contributed by atoms with Crippen molar-refractivity contribution in [2.45, 2.75) is 247 Å². The third-order valence-electron chi connectivity index (χ3n) is 18.1. The van der Waals surface area contributed by atoms with Gasteiger partial charge in [0.1, 0.15) is 0 Å². The van der Waals surface area contributed by atoms with Crippen molar-refractivity contribution in [2.24, 2.45) is 52.3 Å². The standard InChI is InChI=1S/C60H109NO4/c1-8-9-10-11-12-13-14-15-16-17-18-19-20-21-22-23-40-63-48-54(47-61-39-25-29-50(4)46-61)65-44-27-42-62-41-26-43-64-53-35-37-59(6)52(45-53)31-32-55-57-34-33-56(51(5)30-24-28-49(2)3)60(57,7)38-36-58(55)59/h15-16,31,49-51,53-58H,8-14,17-30,32-48H2,1-7H3/b16-15-/t50?,51-,53-,54?,55-,56-,57+,58+,59-,60+/m0/s1. The molecule has 65 heavy (non-hydrogen) atoms. The molecule has 5 aliphatic rings. The van der Waals surface area contributed by atoms with Gasteiger partial charge in [0.2, 0.25) is 0 Å². The first-order valence-corrected chi connectivity index (χ1v) is 29.1. The van der Waals surface area contributed by atoms with Crippen molar-refractivity contribution in [1.29, 1.82) is 0 Å². The maximum atomic E-state index is 6.57. The average Bonchev–Trinajstić information content (AvgIpc) is 3.65. The predicted molar refractivity (Wildman–Crippen MR) is 278 cm³/mol. The molecule has 0 spiro atoms. The summed E-state index contributed by atoms with van der Waals surface area (Å²) in [4.78, 5) is 2.61. The predicted octanol–water partition coefficient (Wildman–Crippen LogP) is 16.4. The summed E-state index contributed by atoms with van der Waals surface area (Å²) in [6.45, 7) is 25.5. The highest BCUT2D eigenvalue weighted by Crippen LogP contribution is 2.67. The fourth-order valence-corrected chi connectivity index (χ4v) is 14.3. The van der Waals surface area contributed by atoms with E-state index in [0.29, 0.717) is 23.5 Å². The number of allylic oxidation sites excluding steroid dienone is 3. The van der Waals surface area contributed by atoms with Gasteiger partial charge in [-0.2, -0.15) is 0 Å². The molecule has 5 rings (SSSR count). The Kier molecular flexibility index (Phi) is 26.2. The van der Waals surface area contributed by atoms with Crippen LogP contribution < -0.4 is 0 Å². The summed E-state index contributed by atoms with van der Waals surface area (Å²) >= 11 is 0. The Hall–Kier alpha value is -0.720. The highest BCUT2D eigenvalue weighted by Gasteiger charge is 2.59. The Bertz CT molecular complexity index is 1300. The highest BCUT2D eigenvalue weighted by molar-refractivity contribution is 5.25. The zero-order chi connectivity index (χ0) is 46.2. The molecule has 3 saturated carbocycles. The molecule has 0 radical (unpaired) electrons. The first-order valence-electron chi connectivity index (χ1n) is 29.1. The zero-order valence-electron chi connectivity index (χ0n) is 44.4. The van der Waals surface area contributed by atoms with E-state index in [2.05, 4.69) is 71.6 Å². The minimum atomic E-state index is 0.150. The topological polar surface area (TPSA) is 40.2 Å². The van der Waals surface area contributed by atoms with Crippen LogP contribution in [0.25, 0.3) is 0 Å². The lowest BCUT2D eigenvalue weighted by Gasteiger charge is -2.58. The SMILES string of the molecule is CCCCCCCC/C=C\CCCCCCCCOCC(CN1CCCC(C)C1)OCCCOCCCO[C@H]1CC[C@@]2(C)C(=CC[C@H]3[C@H]4CC[C@@H]([C@@H](C)CCCC(C)C)[C@@]4(C)CC[C@H]32)C1. The van der Waals surface area contributed by atoms with Gasteiger partial charge in [-0.1, -0.05) is 149 Å². The molecule has 0 aromatic heterocycles. The van der Waals surface area contributed by atoms with E-state index in [4.69, 9.17) is 18.9 Å². The minimum Gasteiger partial charge on any atom is -0.381 e.